The highest BCUT2D eigenvalue weighted by Gasteiger charge is 2.24. The van der Waals surface area contributed by atoms with Gasteiger partial charge in [-0.2, -0.15) is 5.10 Å². The Morgan fingerprint density at radius 1 is 1.47 bits per heavy atom. The molecule has 2 rings (SSSR count). The van der Waals surface area contributed by atoms with E-state index in [0.717, 1.165) is 31.4 Å². The molecule has 1 amide bonds. The van der Waals surface area contributed by atoms with Gasteiger partial charge in [0.05, 0.1) is 11.3 Å². The minimum atomic E-state index is -0.0349. The number of nitrogens with one attached hydrogen (secondary N) is 1. The minimum absolute atomic E-state index is 0.0349. The first-order valence-corrected chi connectivity index (χ1v) is 7.20. The fourth-order valence-electron chi connectivity index (χ4n) is 2.75. The van der Waals surface area contributed by atoms with Crippen molar-refractivity contribution in [3.8, 4) is 0 Å². The van der Waals surface area contributed by atoms with Gasteiger partial charge in [0.2, 0.25) is 0 Å². The van der Waals surface area contributed by atoms with E-state index in [4.69, 9.17) is 5.73 Å². The molecule has 0 spiro atoms. The molecule has 2 atom stereocenters. The van der Waals surface area contributed by atoms with Gasteiger partial charge in [0.25, 0.3) is 5.91 Å². The van der Waals surface area contributed by atoms with Gasteiger partial charge in [-0.1, -0.05) is 26.2 Å². The SMILES string of the molecule is CCc1nn(C)cc1C(=O)NC1CCCCCC1N. The van der Waals surface area contributed by atoms with E-state index in [9.17, 15) is 4.79 Å². The van der Waals surface area contributed by atoms with Gasteiger partial charge >= 0.3 is 0 Å². The second-order valence-electron chi connectivity index (χ2n) is 5.40. The molecule has 106 valence electrons. The molecule has 1 aliphatic carbocycles. The molecular weight excluding hydrogens is 240 g/mol. The molecule has 2 unspecified atom stereocenters. The van der Waals surface area contributed by atoms with Crippen molar-refractivity contribution in [2.24, 2.45) is 12.8 Å². The van der Waals surface area contributed by atoms with Gasteiger partial charge in [-0.25, -0.2) is 0 Å². The summed E-state index contributed by atoms with van der Waals surface area (Å²) in [6.07, 6.45) is 8.06. The predicted octanol–water partition coefficient (Wildman–Crippen LogP) is 1.37. The number of hydrogen-bond acceptors (Lipinski definition) is 3. The van der Waals surface area contributed by atoms with Gasteiger partial charge in [-0.05, 0) is 19.3 Å². The third-order valence-electron chi connectivity index (χ3n) is 3.87. The number of amides is 1. The number of aromatic nitrogens is 2. The van der Waals surface area contributed by atoms with E-state index in [1.165, 1.54) is 12.8 Å². The van der Waals surface area contributed by atoms with Crippen LogP contribution in [-0.2, 0) is 13.5 Å². The minimum Gasteiger partial charge on any atom is -0.348 e. The van der Waals surface area contributed by atoms with Crippen LogP contribution in [-0.4, -0.2) is 27.8 Å². The van der Waals surface area contributed by atoms with Gasteiger partial charge in [0.15, 0.2) is 0 Å². The van der Waals surface area contributed by atoms with Crippen LogP contribution in [0, 0.1) is 0 Å². The summed E-state index contributed by atoms with van der Waals surface area (Å²) in [5, 5.41) is 7.40. The fourth-order valence-corrected chi connectivity index (χ4v) is 2.75. The number of nitrogens with two attached hydrogens (primary N) is 1. The van der Waals surface area contributed by atoms with Crippen LogP contribution in [0.2, 0.25) is 0 Å². The summed E-state index contributed by atoms with van der Waals surface area (Å²) < 4.78 is 1.70. The lowest BCUT2D eigenvalue weighted by Crippen LogP contribution is -2.47. The van der Waals surface area contributed by atoms with Crippen LogP contribution in [0.4, 0.5) is 0 Å². The first-order chi connectivity index (χ1) is 9.11. The first-order valence-electron chi connectivity index (χ1n) is 7.20. The molecule has 0 bridgehead atoms. The Bertz CT molecular complexity index is 441. The molecule has 5 nitrogen and oxygen atoms in total. The van der Waals surface area contributed by atoms with Crippen molar-refractivity contribution in [3.05, 3.63) is 17.5 Å². The van der Waals surface area contributed by atoms with E-state index < -0.39 is 0 Å². The van der Waals surface area contributed by atoms with E-state index in [0.29, 0.717) is 5.56 Å². The van der Waals surface area contributed by atoms with Crippen LogP contribution in [0.25, 0.3) is 0 Å². The third kappa shape index (κ3) is 3.35. The summed E-state index contributed by atoms with van der Waals surface area (Å²) in [5.74, 6) is -0.0349. The Balaban J connectivity index is 2.06. The van der Waals surface area contributed by atoms with E-state index in [2.05, 4.69) is 10.4 Å². The Morgan fingerprint density at radius 3 is 2.95 bits per heavy atom. The van der Waals surface area contributed by atoms with E-state index in [-0.39, 0.29) is 18.0 Å². The van der Waals surface area contributed by atoms with Crippen molar-refractivity contribution in [1.82, 2.24) is 15.1 Å². The molecule has 0 saturated heterocycles. The van der Waals surface area contributed by atoms with Crippen molar-refractivity contribution >= 4 is 5.91 Å². The van der Waals surface area contributed by atoms with Crippen LogP contribution < -0.4 is 11.1 Å². The van der Waals surface area contributed by atoms with Gasteiger partial charge in [-0.3, -0.25) is 9.48 Å². The van der Waals surface area contributed by atoms with Crippen molar-refractivity contribution in [2.45, 2.75) is 57.5 Å². The van der Waals surface area contributed by atoms with E-state index in [1.807, 2.05) is 14.0 Å². The van der Waals surface area contributed by atoms with Crippen molar-refractivity contribution in [1.29, 1.82) is 0 Å². The summed E-state index contributed by atoms with van der Waals surface area (Å²) in [6.45, 7) is 2.01. The number of carbonyl (C=O) groups is 1. The van der Waals surface area contributed by atoms with Crippen molar-refractivity contribution in [3.63, 3.8) is 0 Å². The molecule has 1 fully saturated rings. The molecule has 1 aromatic rings. The van der Waals surface area contributed by atoms with Crippen LogP contribution >= 0.6 is 0 Å². The smallest absolute Gasteiger partial charge is 0.255 e. The predicted molar refractivity (Wildman–Crippen MR) is 74.9 cm³/mol. The average Bonchev–Trinajstić information content (AvgIpc) is 2.66. The fraction of sp³-hybridized carbons (Fsp3) is 0.714. The molecule has 1 heterocycles. The average molecular weight is 264 g/mol. The highest BCUT2D eigenvalue weighted by Crippen LogP contribution is 2.17. The molecule has 3 N–H and O–H groups in total. The van der Waals surface area contributed by atoms with Gasteiger partial charge in [0, 0.05) is 25.3 Å². The lowest BCUT2D eigenvalue weighted by molar-refractivity contribution is 0.0928. The summed E-state index contributed by atoms with van der Waals surface area (Å²) in [5.41, 5.74) is 7.68. The second kappa shape index (κ2) is 6.19. The van der Waals surface area contributed by atoms with E-state index >= 15 is 0 Å². The van der Waals surface area contributed by atoms with Crippen LogP contribution in [0.5, 0.6) is 0 Å². The topological polar surface area (TPSA) is 72.9 Å². The summed E-state index contributed by atoms with van der Waals surface area (Å²) in [6, 6.07) is 0.174. The van der Waals surface area contributed by atoms with Crippen LogP contribution in [0.15, 0.2) is 6.20 Å². The summed E-state index contributed by atoms with van der Waals surface area (Å²) in [4.78, 5) is 12.3. The zero-order valence-corrected chi connectivity index (χ0v) is 11.9. The maximum atomic E-state index is 12.3. The number of hydrogen-bond donors (Lipinski definition) is 2. The monoisotopic (exact) mass is 264 g/mol. The quantitative estimate of drug-likeness (QED) is 0.810. The lowest BCUT2D eigenvalue weighted by Gasteiger charge is -2.22. The standard InChI is InChI=1S/C14H24N4O/c1-3-12-10(9-18(2)17-12)14(19)16-13-8-6-4-5-7-11(13)15/h9,11,13H,3-8,15H2,1-2H3,(H,16,19). The molecule has 1 aromatic heterocycles. The van der Waals surface area contributed by atoms with Crippen molar-refractivity contribution in [2.75, 3.05) is 0 Å². The van der Waals surface area contributed by atoms with Crippen LogP contribution in [0.1, 0.15) is 55.1 Å². The zero-order chi connectivity index (χ0) is 13.8. The lowest BCUT2D eigenvalue weighted by atomic mass is 10.0. The van der Waals surface area contributed by atoms with Crippen LogP contribution in [0.3, 0.4) is 0 Å². The molecule has 5 heteroatoms. The Hall–Kier alpha value is -1.36. The second-order valence-corrected chi connectivity index (χ2v) is 5.40. The molecule has 0 aromatic carbocycles. The number of aryl methyl sites for hydroxylation is 2. The largest absolute Gasteiger partial charge is 0.348 e. The van der Waals surface area contributed by atoms with E-state index in [1.54, 1.807) is 10.9 Å². The Morgan fingerprint density at radius 2 is 2.21 bits per heavy atom. The Kier molecular flexibility index (Phi) is 4.58. The number of carbonyl (C=O) groups excluding carboxylic acids is 1. The summed E-state index contributed by atoms with van der Waals surface area (Å²) >= 11 is 0. The highest BCUT2D eigenvalue weighted by atomic mass is 16.1. The van der Waals surface area contributed by atoms with Gasteiger partial charge < -0.3 is 11.1 Å². The normalized spacial score (nSPS) is 23.9. The molecule has 0 radical (unpaired) electrons. The summed E-state index contributed by atoms with van der Waals surface area (Å²) in [7, 11) is 1.84. The van der Waals surface area contributed by atoms with Gasteiger partial charge in [-0.15, -0.1) is 0 Å². The molecule has 19 heavy (non-hydrogen) atoms. The molecule has 1 aliphatic rings. The molecule has 0 aliphatic heterocycles. The maximum absolute atomic E-state index is 12.3. The van der Waals surface area contributed by atoms with Gasteiger partial charge in [0.1, 0.15) is 0 Å². The zero-order valence-electron chi connectivity index (χ0n) is 11.9. The molecule has 1 saturated carbocycles. The number of nitrogens with zero attached hydrogens (tertiary/aromatic N) is 2. The molecular formula is C14H24N4O. The Labute approximate surface area is 114 Å². The van der Waals surface area contributed by atoms with Crippen molar-refractivity contribution < 1.29 is 4.79 Å². The number of rotatable bonds is 3. The first kappa shape index (κ1) is 14.1. The maximum Gasteiger partial charge on any atom is 0.255 e. The third-order valence-corrected chi connectivity index (χ3v) is 3.87. The highest BCUT2D eigenvalue weighted by molar-refractivity contribution is 5.95.